The fraction of sp³-hybridized carbons (Fsp3) is 0.304. The summed E-state index contributed by atoms with van der Waals surface area (Å²) in [5, 5.41) is 2.56. The summed E-state index contributed by atoms with van der Waals surface area (Å²) in [5.74, 6) is -2.44. The lowest BCUT2D eigenvalue weighted by molar-refractivity contribution is -0.119. The van der Waals surface area contributed by atoms with Crippen molar-refractivity contribution < 1.29 is 23.1 Å². The van der Waals surface area contributed by atoms with Gasteiger partial charge in [-0.05, 0) is 43.2 Å². The van der Waals surface area contributed by atoms with Gasteiger partial charge in [-0.2, -0.15) is 0 Å². The lowest BCUT2D eigenvalue weighted by Crippen LogP contribution is -2.26. The summed E-state index contributed by atoms with van der Waals surface area (Å²) in [6.07, 6.45) is 4.72. The first-order valence-corrected chi connectivity index (χ1v) is 10.4. The second-order valence-corrected chi connectivity index (χ2v) is 7.63. The molecule has 1 aliphatic rings. The summed E-state index contributed by atoms with van der Waals surface area (Å²) in [6.45, 7) is -0.0605. The number of carbonyl (C=O) groups excluding carboxylic acids is 2. The summed E-state index contributed by atoms with van der Waals surface area (Å²) >= 11 is 0. The van der Waals surface area contributed by atoms with Crippen LogP contribution in [0.3, 0.4) is 0 Å². The van der Waals surface area contributed by atoms with Crippen molar-refractivity contribution >= 4 is 28.5 Å². The zero-order chi connectivity index (χ0) is 22.7. The average molecular weight is 441 g/mol. The monoisotopic (exact) mass is 441 g/mol. The van der Waals surface area contributed by atoms with Crippen LogP contribution in [-0.4, -0.2) is 28.0 Å². The summed E-state index contributed by atoms with van der Waals surface area (Å²) in [5.41, 5.74) is 0.0359. The second kappa shape index (κ2) is 9.25. The molecule has 4 rings (SSSR count). The number of rotatable bonds is 4. The van der Waals surface area contributed by atoms with Gasteiger partial charge in [0.15, 0.2) is 6.61 Å². The van der Waals surface area contributed by atoms with E-state index < -0.39 is 30.1 Å². The molecule has 0 unspecified atom stereocenters. The fourth-order valence-corrected chi connectivity index (χ4v) is 3.72. The number of esters is 1. The van der Waals surface area contributed by atoms with E-state index >= 15 is 0 Å². The van der Waals surface area contributed by atoms with Crippen molar-refractivity contribution in [3.8, 4) is 0 Å². The number of nitrogens with one attached hydrogen (secondary N) is 1. The highest BCUT2D eigenvalue weighted by molar-refractivity contribution is 5.97. The number of halogens is 2. The maximum absolute atomic E-state index is 13.6. The van der Waals surface area contributed by atoms with Crippen LogP contribution < -0.4 is 10.9 Å². The number of nitrogens with zero attached hydrogens (tertiary/aromatic N) is 2. The average Bonchev–Trinajstić information content (AvgIpc) is 2.75. The first kappa shape index (κ1) is 21.6. The topological polar surface area (TPSA) is 90.3 Å². The fourth-order valence-electron chi connectivity index (χ4n) is 3.72. The normalized spacial score (nSPS) is 13.7. The van der Waals surface area contributed by atoms with Gasteiger partial charge in [-0.15, -0.1) is 0 Å². The molecular weight excluding hydrogens is 420 g/mol. The van der Waals surface area contributed by atoms with Crippen LogP contribution in [0.15, 0.2) is 41.2 Å². The van der Waals surface area contributed by atoms with Gasteiger partial charge in [0.2, 0.25) is 0 Å². The van der Waals surface area contributed by atoms with Gasteiger partial charge in [-0.25, -0.2) is 18.6 Å². The highest BCUT2D eigenvalue weighted by Crippen LogP contribution is 2.18. The van der Waals surface area contributed by atoms with Crippen molar-refractivity contribution in [1.29, 1.82) is 0 Å². The Labute approximate surface area is 182 Å². The Hall–Kier alpha value is -3.62. The minimum atomic E-state index is -0.818. The van der Waals surface area contributed by atoms with E-state index in [0.29, 0.717) is 29.7 Å². The number of benzene rings is 2. The van der Waals surface area contributed by atoms with E-state index in [9.17, 15) is 23.2 Å². The molecule has 0 fully saturated rings. The predicted molar refractivity (Wildman–Crippen MR) is 113 cm³/mol. The lowest BCUT2D eigenvalue weighted by Gasteiger charge is -2.16. The summed E-state index contributed by atoms with van der Waals surface area (Å²) in [4.78, 5) is 41.8. The van der Waals surface area contributed by atoms with Crippen molar-refractivity contribution in [3.63, 3.8) is 0 Å². The molecule has 9 heteroatoms. The third-order valence-corrected chi connectivity index (χ3v) is 5.34. The number of fused-ring (bicyclic) bond motifs is 2. The van der Waals surface area contributed by atoms with Gasteiger partial charge >= 0.3 is 5.97 Å². The van der Waals surface area contributed by atoms with E-state index in [4.69, 9.17) is 4.74 Å². The third kappa shape index (κ3) is 4.66. The van der Waals surface area contributed by atoms with E-state index in [0.717, 1.165) is 43.9 Å². The molecule has 166 valence electrons. The van der Waals surface area contributed by atoms with Gasteiger partial charge in [-0.1, -0.05) is 12.8 Å². The molecule has 2 aromatic carbocycles. The number of anilines is 1. The molecule has 7 nitrogen and oxygen atoms in total. The van der Waals surface area contributed by atoms with Crippen molar-refractivity contribution in [2.45, 2.75) is 38.6 Å². The minimum absolute atomic E-state index is 0.130. The molecule has 2 heterocycles. The van der Waals surface area contributed by atoms with Crippen LogP contribution in [-0.2, 0) is 22.5 Å². The molecular formula is C23H21F2N3O4. The Balaban J connectivity index is 1.48. The SMILES string of the molecule is O=C(COC(=O)c1ccc2c(=O)n3c(nc2c1)CCCCCC3)Nc1cc(F)ccc1F. The highest BCUT2D eigenvalue weighted by Gasteiger charge is 2.17. The molecule has 3 aromatic rings. The Bertz CT molecular complexity index is 1260. The molecule has 1 amide bonds. The zero-order valence-corrected chi connectivity index (χ0v) is 17.2. The van der Waals surface area contributed by atoms with Crippen LogP contribution in [0.1, 0.15) is 41.9 Å². The maximum atomic E-state index is 13.6. The Kier molecular flexibility index (Phi) is 6.25. The molecule has 0 radical (unpaired) electrons. The summed E-state index contributed by atoms with van der Waals surface area (Å²) in [6, 6.07) is 7.05. The number of amides is 1. The van der Waals surface area contributed by atoms with Crippen LogP contribution >= 0.6 is 0 Å². The number of aryl methyl sites for hydroxylation is 1. The van der Waals surface area contributed by atoms with Crippen LogP contribution in [0.25, 0.3) is 10.9 Å². The number of carbonyl (C=O) groups is 2. The first-order chi connectivity index (χ1) is 15.4. The first-order valence-electron chi connectivity index (χ1n) is 10.4. The van der Waals surface area contributed by atoms with E-state index in [-0.39, 0.29) is 16.8 Å². The molecule has 0 atom stereocenters. The van der Waals surface area contributed by atoms with Gasteiger partial charge in [0.1, 0.15) is 17.5 Å². The van der Waals surface area contributed by atoms with Crippen LogP contribution in [0, 0.1) is 11.6 Å². The number of hydrogen-bond donors (Lipinski definition) is 1. The van der Waals surface area contributed by atoms with Gasteiger partial charge < -0.3 is 10.1 Å². The summed E-state index contributed by atoms with van der Waals surface area (Å²) in [7, 11) is 0. The Morgan fingerprint density at radius 2 is 1.88 bits per heavy atom. The number of hydrogen-bond acceptors (Lipinski definition) is 5. The predicted octanol–water partition coefficient (Wildman–Crippen LogP) is 3.59. The molecule has 32 heavy (non-hydrogen) atoms. The third-order valence-electron chi connectivity index (χ3n) is 5.34. The molecule has 1 aliphatic heterocycles. The smallest absolute Gasteiger partial charge is 0.338 e. The molecule has 0 saturated carbocycles. The van der Waals surface area contributed by atoms with E-state index in [1.807, 2.05) is 0 Å². The van der Waals surface area contributed by atoms with Crippen LogP contribution in [0.4, 0.5) is 14.5 Å². The standard InChI is InChI=1S/C23H21F2N3O4/c24-15-7-9-17(25)19(12-15)27-21(29)13-32-23(31)14-6-8-16-18(11-14)26-20-5-3-1-2-4-10-28(20)22(16)30/h6-9,11-12H,1-5,10,13H2,(H,27,29). The lowest BCUT2D eigenvalue weighted by atomic mass is 10.1. The van der Waals surface area contributed by atoms with Gasteiger partial charge in [0, 0.05) is 19.0 Å². The molecule has 1 N–H and O–H groups in total. The van der Waals surface area contributed by atoms with Crippen molar-refractivity contribution in [1.82, 2.24) is 9.55 Å². The van der Waals surface area contributed by atoms with Gasteiger partial charge in [-0.3, -0.25) is 14.2 Å². The van der Waals surface area contributed by atoms with Crippen molar-refractivity contribution in [3.05, 3.63) is 69.8 Å². The van der Waals surface area contributed by atoms with Gasteiger partial charge in [0.25, 0.3) is 11.5 Å². The van der Waals surface area contributed by atoms with Crippen LogP contribution in [0.2, 0.25) is 0 Å². The number of aromatic nitrogens is 2. The maximum Gasteiger partial charge on any atom is 0.338 e. The molecule has 0 saturated heterocycles. The Morgan fingerprint density at radius 1 is 1.06 bits per heavy atom. The van der Waals surface area contributed by atoms with E-state index in [1.165, 1.54) is 18.2 Å². The van der Waals surface area contributed by atoms with E-state index in [2.05, 4.69) is 10.3 Å². The van der Waals surface area contributed by atoms with E-state index in [1.54, 1.807) is 4.57 Å². The molecule has 1 aromatic heterocycles. The van der Waals surface area contributed by atoms with Crippen molar-refractivity contribution in [2.75, 3.05) is 11.9 Å². The largest absolute Gasteiger partial charge is 0.452 e. The number of ether oxygens (including phenoxy) is 1. The minimum Gasteiger partial charge on any atom is -0.452 e. The molecule has 0 bridgehead atoms. The molecule has 0 spiro atoms. The second-order valence-electron chi connectivity index (χ2n) is 7.63. The van der Waals surface area contributed by atoms with Crippen molar-refractivity contribution in [2.24, 2.45) is 0 Å². The quantitative estimate of drug-likeness (QED) is 0.625. The summed E-state index contributed by atoms with van der Waals surface area (Å²) < 4.78 is 33.5. The molecule has 0 aliphatic carbocycles. The Morgan fingerprint density at radius 3 is 2.72 bits per heavy atom. The van der Waals surface area contributed by atoms with Crippen LogP contribution in [0.5, 0.6) is 0 Å². The highest BCUT2D eigenvalue weighted by atomic mass is 19.1. The van der Waals surface area contributed by atoms with Gasteiger partial charge in [0.05, 0.1) is 22.2 Å². The zero-order valence-electron chi connectivity index (χ0n) is 17.2.